The lowest BCUT2D eigenvalue weighted by Crippen LogP contribution is -2.10. The quantitative estimate of drug-likeness (QED) is 0.526. The molecule has 0 aromatic heterocycles. The number of halogens is 2. The van der Waals surface area contributed by atoms with Crippen LogP contribution in [0.3, 0.4) is 0 Å². The van der Waals surface area contributed by atoms with Crippen molar-refractivity contribution in [2.45, 2.75) is 6.54 Å². The van der Waals surface area contributed by atoms with E-state index < -0.39 is 0 Å². The van der Waals surface area contributed by atoms with Crippen LogP contribution in [-0.4, -0.2) is 9.83 Å². The Morgan fingerprint density at radius 1 is 1.50 bits per heavy atom. The van der Waals surface area contributed by atoms with Crippen LogP contribution < -0.4 is 0 Å². The number of fused-ring (bicyclic) bond motifs is 1. The average Bonchev–Trinajstić information content (AvgIpc) is 2.28. The van der Waals surface area contributed by atoms with Crippen molar-refractivity contribution in [3.63, 3.8) is 0 Å². The van der Waals surface area contributed by atoms with E-state index in [1.807, 2.05) is 18.2 Å². The molecule has 0 saturated heterocycles. The number of amides is 1. The molecule has 0 atom stereocenters. The molecule has 1 aromatic rings. The minimum atomic E-state index is 0.0569. The van der Waals surface area contributed by atoms with Gasteiger partial charge in [0, 0.05) is 9.13 Å². The molecule has 1 aliphatic heterocycles. The number of hydrogen-bond donors (Lipinski definition) is 0. The second-order valence-electron chi connectivity index (χ2n) is 2.63. The van der Waals surface area contributed by atoms with Crippen molar-refractivity contribution in [3.05, 3.63) is 32.9 Å². The highest BCUT2D eigenvalue weighted by molar-refractivity contribution is 14.1. The van der Waals surface area contributed by atoms with Gasteiger partial charge in [0.1, 0.15) is 0 Å². The molecule has 1 heterocycles. The van der Waals surface area contributed by atoms with Gasteiger partial charge in [0.05, 0.1) is 22.7 Å². The topological polar surface area (TPSA) is 20.3 Å². The van der Waals surface area contributed by atoms with E-state index in [0.29, 0.717) is 6.54 Å². The minimum absolute atomic E-state index is 0.0569. The predicted molar refractivity (Wildman–Crippen MR) is 58.0 cm³/mol. The Kier molecular flexibility index (Phi) is 2.12. The largest absolute Gasteiger partial charge is 0.270 e. The van der Waals surface area contributed by atoms with Crippen molar-refractivity contribution in [2.75, 3.05) is 0 Å². The van der Waals surface area contributed by atoms with Crippen LogP contribution in [0.4, 0.5) is 0 Å². The first kappa shape index (κ1) is 8.50. The minimum Gasteiger partial charge on any atom is -0.270 e. The zero-order valence-electron chi connectivity index (χ0n) is 6.05. The molecular formula is C8H5BrINO. The Balaban J connectivity index is 2.54. The third-order valence-corrected chi connectivity index (χ3v) is 3.07. The van der Waals surface area contributed by atoms with Gasteiger partial charge in [-0.2, -0.15) is 0 Å². The maximum absolute atomic E-state index is 11.4. The van der Waals surface area contributed by atoms with Crippen LogP contribution in [0, 0.1) is 3.57 Å². The number of nitrogens with zero attached hydrogens (tertiary/aromatic N) is 1. The van der Waals surface area contributed by atoms with E-state index in [2.05, 4.69) is 38.7 Å². The van der Waals surface area contributed by atoms with Gasteiger partial charge in [0.2, 0.25) is 0 Å². The summed E-state index contributed by atoms with van der Waals surface area (Å²) in [6.45, 7) is 0.672. The van der Waals surface area contributed by atoms with Gasteiger partial charge in [-0.25, -0.2) is 0 Å². The van der Waals surface area contributed by atoms with E-state index in [-0.39, 0.29) is 5.91 Å². The lowest BCUT2D eigenvalue weighted by atomic mass is 10.1. The molecule has 0 saturated carbocycles. The lowest BCUT2D eigenvalue weighted by molar-refractivity contribution is 0.0896. The summed E-state index contributed by atoms with van der Waals surface area (Å²) in [5.41, 5.74) is 1.91. The number of benzene rings is 1. The first-order valence-electron chi connectivity index (χ1n) is 3.44. The molecule has 0 fully saturated rings. The molecule has 62 valence electrons. The molecule has 0 unspecified atom stereocenters. The van der Waals surface area contributed by atoms with Crippen molar-refractivity contribution in [1.29, 1.82) is 0 Å². The molecule has 2 nitrogen and oxygen atoms in total. The van der Waals surface area contributed by atoms with Crippen molar-refractivity contribution in [3.8, 4) is 0 Å². The van der Waals surface area contributed by atoms with Crippen LogP contribution in [-0.2, 0) is 6.54 Å². The smallest absolute Gasteiger partial charge is 0.264 e. The van der Waals surface area contributed by atoms with E-state index in [1.165, 1.54) is 3.57 Å². The summed E-state index contributed by atoms with van der Waals surface area (Å²) in [6.07, 6.45) is 0. The molecule has 12 heavy (non-hydrogen) atoms. The summed E-state index contributed by atoms with van der Waals surface area (Å²) in [7, 11) is 0. The fourth-order valence-electron chi connectivity index (χ4n) is 1.25. The van der Waals surface area contributed by atoms with Gasteiger partial charge in [-0.3, -0.25) is 8.72 Å². The van der Waals surface area contributed by atoms with Crippen molar-refractivity contribution >= 4 is 44.6 Å². The molecule has 2 rings (SSSR count). The second kappa shape index (κ2) is 2.99. The first-order valence-corrected chi connectivity index (χ1v) is 5.23. The molecule has 1 aliphatic rings. The van der Waals surface area contributed by atoms with Crippen LogP contribution in [0.25, 0.3) is 0 Å². The third-order valence-electron chi connectivity index (χ3n) is 1.83. The number of hydrogen-bond acceptors (Lipinski definition) is 1. The molecule has 0 bridgehead atoms. The van der Waals surface area contributed by atoms with Crippen molar-refractivity contribution < 1.29 is 4.79 Å². The van der Waals surface area contributed by atoms with Gasteiger partial charge < -0.3 is 0 Å². The van der Waals surface area contributed by atoms with Crippen molar-refractivity contribution in [1.82, 2.24) is 3.93 Å². The van der Waals surface area contributed by atoms with Gasteiger partial charge in [-0.1, -0.05) is 0 Å². The summed E-state index contributed by atoms with van der Waals surface area (Å²) in [5.74, 6) is 0.0569. The number of carbonyl (C=O) groups is 1. The Hall–Kier alpha value is -0.100. The fourth-order valence-corrected chi connectivity index (χ4v) is 2.27. The van der Waals surface area contributed by atoms with Crippen LogP contribution in [0.1, 0.15) is 15.9 Å². The van der Waals surface area contributed by atoms with Crippen LogP contribution in [0.15, 0.2) is 18.2 Å². The van der Waals surface area contributed by atoms with Gasteiger partial charge in [-0.15, -0.1) is 0 Å². The van der Waals surface area contributed by atoms with E-state index in [0.717, 1.165) is 11.1 Å². The molecule has 0 N–H and O–H groups in total. The molecule has 0 radical (unpaired) electrons. The normalized spacial score (nSPS) is 15.2. The van der Waals surface area contributed by atoms with Crippen LogP contribution >= 0.6 is 38.7 Å². The molecule has 1 aromatic carbocycles. The SMILES string of the molecule is O=C1c2ccc(I)cc2CN1Br. The maximum atomic E-state index is 11.4. The average molecular weight is 338 g/mol. The highest BCUT2D eigenvalue weighted by Gasteiger charge is 2.25. The first-order chi connectivity index (χ1) is 5.68. The lowest BCUT2D eigenvalue weighted by Gasteiger charge is -2.00. The number of carbonyl (C=O) groups excluding carboxylic acids is 1. The number of rotatable bonds is 0. The van der Waals surface area contributed by atoms with Gasteiger partial charge in [0.15, 0.2) is 0 Å². The van der Waals surface area contributed by atoms with Gasteiger partial charge in [-0.05, 0) is 46.4 Å². The van der Waals surface area contributed by atoms with Gasteiger partial charge in [0.25, 0.3) is 5.91 Å². The standard InChI is InChI=1S/C8H5BrINO/c9-11-4-5-3-6(10)1-2-7(5)8(11)12/h1-3H,4H2. The van der Waals surface area contributed by atoms with E-state index in [9.17, 15) is 4.79 Å². The van der Waals surface area contributed by atoms with Crippen LogP contribution in [0.5, 0.6) is 0 Å². The summed E-state index contributed by atoms with van der Waals surface area (Å²) in [5, 5.41) is 0. The third kappa shape index (κ3) is 1.26. The monoisotopic (exact) mass is 337 g/mol. The highest BCUT2D eigenvalue weighted by Crippen LogP contribution is 2.26. The summed E-state index contributed by atoms with van der Waals surface area (Å²) < 4.78 is 2.72. The highest BCUT2D eigenvalue weighted by atomic mass is 127. The zero-order valence-corrected chi connectivity index (χ0v) is 9.79. The van der Waals surface area contributed by atoms with E-state index in [1.54, 1.807) is 3.93 Å². The second-order valence-corrected chi connectivity index (χ2v) is 4.73. The Labute approximate surface area is 92.4 Å². The van der Waals surface area contributed by atoms with Crippen molar-refractivity contribution in [2.24, 2.45) is 0 Å². The van der Waals surface area contributed by atoms with E-state index in [4.69, 9.17) is 0 Å². The van der Waals surface area contributed by atoms with Crippen LogP contribution in [0.2, 0.25) is 0 Å². The zero-order chi connectivity index (χ0) is 8.72. The molecule has 4 heteroatoms. The summed E-state index contributed by atoms with van der Waals surface area (Å²) >= 11 is 5.43. The van der Waals surface area contributed by atoms with Gasteiger partial charge >= 0.3 is 0 Å². The predicted octanol–water partition coefficient (Wildman–Crippen LogP) is 2.56. The molecular weight excluding hydrogens is 333 g/mol. The summed E-state index contributed by atoms with van der Waals surface area (Å²) in [6, 6.07) is 5.86. The molecule has 0 aliphatic carbocycles. The fraction of sp³-hybridized carbons (Fsp3) is 0.125. The Morgan fingerprint density at radius 3 is 3.00 bits per heavy atom. The Morgan fingerprint density at radius 2 is 2.25 bits per heavy atom. The maximum Gasteiger partial charge on any atom is 0.264 e. The summed E-state index contributed by atoms with van der Waals surface area (Å²) in [4.78, 5) is 11.4. The molecule has 0 spiro atoms. The Bertz CT molecular complexity index is 353. The van der Waals surface area contributed by atoms with E-state index >= 15 is 0 Å². The molecule has 1 amide bonds.